The predicted molar refractivity (Wildman–Crippen MR) is 160 cm³/mol. The van der Waals surface area contributed by atoms with E-state index in [0.29, 0.717) is 31.3 Å². The van der Waals surface area contributed by atoms with Gasteiger partial charge in [0, 0.05) is 29.5 Å². The molecule has 1 fully saturated rings. The number of allylic oxidation sites excluding steroid dienone is 1. The van der Waals surface area contributed by atoms with Gasteiger partial charge in [0.25, 0.3) is 11.5 Å². The molecule has 0 saturated carbocycles. The number of thiazole rings is 1. The minimum Gasteiger partial charge on any atom is -0.378 e. The third-order valence-electron chi connectivity index (χ3n) is 7.05. The largest absolute Gasteiger partial charge is 0.378 e. The molecule has 2 aliphatic heterocycles. The maximum atomic E-state index is 13.9. The van der Waals surface area contributed by atoms with Gasteiger partial charge in [-0.2, -0.15) is 0 Å². The van der Waals surface area contributed by atoms with Crippen LogP contribution in [0.1, 0.15) is 24.1 Å². The van der Waals surface area contributed by atoms with Gasteiger partial charge in [0.2, 0.25) is 0 Å². The molecule has 7 nitrogen and oxygen atoms in total. The number of carbonyl (C=O) groups is 1. The van der Waals surface area contributed by atoms with E-state index in [1.807, 2.05) is 67.6 Å². The van der Waals surface area contributed by atoms with Gasteiger partial charge in [0.1, 0.15) is 0 Å². The molecule has 1 saturated heterocycles. The maximum Gasteiger partial charge on any atom is 0.271 e. The van der Waals surface area contributed by atoms with Crippen LogP contribution >= 0.6 is 22.9 Å². The molecule has 1 N–H and O–H groups in total. The Morgan fingerprint density at radius 2 is 1.73 bits per heavy atom. The van der Waals surface area contributed by atoms with Gasteiger partial charge in [-0.25, -0.2) is 4.99 Å². The molecule has 6 rings (SSSR count). The fourth-order valence-electron chi connectivity index (χ4n) is 5.05. The molecule has 3 heterocycles. The Morgan fingerprint density at radius 1 is 1.02 bits per heavy atom. The number of nitrogens with one attached hydrogen (secondary N) is 1. The van der Waals surface area contributed by atoms with Crippen LogP contribution in [0.4, 0.5) is 11.4 Å². The number of ether oxygens (including phenoxy) is 1. The van der Waals surface area contributed by atoms with Crippen molar-refractivity contribution in [3.8, 4) is 0 Å². The van der Waals surface area contributed by atoms with Crippen molar-refractivity contribution in [1.82, 2.24) is 4.57 Å². The Hall–Kier alpha value is -3.98. The maximum absolute atomic E-state index is 13.9. The van der Waals surface area contributed by atoms with Crippen LogP contribution in [0.2, 0.25) is 5.02 Å². The number of anilines is 2. The number of halogens is 1. The minimum atomic E-state index is -0.650. The van der Waals surface area contributed by atoms with Gasteiger partial charge in [0.05, 0.1) is 35.1 Å². The summed E-state index contributed by atoms with van der Waals surface area (Å²) in [6.45, 7) is 4.99. The fraction of sp³-hybridized carbons (Fsp3) is 0.194. The van der Waals surface area contributed by atoms with Crippen LogP contribution in [0.3, 0.4) is 0 Å². The summed E-state index contributed by atoms with van der Waals surface area (Å²) in [7, 11) is 0. The second kappa shape index (κ2) is 11.3. The molecule has 3 aromatic carbocycles. The molecule has 0 spiro atoms. The summed E-state index contributed by atoms with van der Waals surface area (Å²) >= 11 is 7.50. The van der Waals surface area contributed by atoms with Crippen LogP contribution in [-0.4, -0.2) is 36.8 Å². The summed E-state index contributed by atoms with van der Waals surface area (Å²) in [6.07, 6.45) is 1.88. The molecule has 1 atom stereocenters. The Bertz CT molecular complexity index is 1750. The van der Waals surface area contributed by atoms with Crippen LogP contribution in [-0.2, 0) is 9.53 Å². The summed E-state index contributed by atoms with van der Waals surface area (Å²) in [4.78, 5) is 35.1. The molecule has 2 aliphatic rings. The van der Waals surface area contributed by atoms with Crippen LogP contribution in [0, 0.1) is 0 Å². The zero-order chi connectivity index (χ0) is 27.6. The molecule has 4 aromatic rings. The molecule has 0 aliphatic carbocycles. The van der Waals surface area contributed by atoms with Crippen molar-refractivity contribution in [2.24, 2.45) is 4.99 Å². The number of nitrogens with zero attached hydrogens (tertiary/aromatic N) is 3. The van der Waals surface area contributed by atoms with E-state index in [-0.39, 0.29) is 11.5 Å². The molecule has 0 bridgehead atoms. The lowest BCUT2D eigenvalue weighted by Gasteiger charge is -2.28. The second-order valence-electron chi connectivity index (χ2n) is 9.64. The quantitative estimate of drug-likeness (QED) is 0.387. The molecular weight excluding hydrogens is 544 g/mol. The SMILES string of the molecule is CC1=C(C(=O)Nc2ccccc2)[C@H](c2ccc(Cl)cc2)n2c(s/c(=C/c3ccc(N4CCOCC4)cc3)c2=O)=N1. The lowest BCUT2D eigenvalue weighted by molar-refractivity contribution is -0.113. The zero-order valence-corrected chi connectivity index (χ0v) is 23.4. The number of rotatable bonds is 5. The summed E-state index contributed by atoms with van der Waals surface area (Å²) in [5.74, 6) is -0.305. The van der Waals surface area contributed by atoms with E-state index in [1.165, 1.54) is 11.3 Å². The highest BCUT2D eigenvalue weighted by Crippen LogP contribution is 2.31. The van der Waals surface area contributed by atoms with Crippen LogP contribution in [0.25, 0.3) is 6.08 Å². The topological polar surface area (TPSA) is 75.9 Å². The molecule has 1 amide bonds. The van der Waals surface area contributed by atoms with Crippen molar-refractivity contribution in [3.05, 3.63) is 126 Å². The Morgan fingerprint density at radius 3 is 2.42 bits per heavy atom. The molecule has 40 heavy (non-hydrogen) atoms. The number of carbonyl (C=O) groups excluding carboxylic acids is 1. The van der Waals surface area contributed by atoms with E-state index in [1.54, 1.807) is 16.7 Å². The van der Waals surface area contributed by atoms with Crippen molar-refractivity contribution in [2.75, 3.05) is 36.5 Å². The number of morpholine rings is 1. The molecule has 202 valence electrons. The number of amides is 1. The van der Waals surface area contributed by atoms with E-state index < -0.39 is 6.04 Å². The highest BCUT2D eigenvalue weighted by molar-refractivity contribution is 7.07. The van der Waals surface area contributed by atoms with Crippen LogP contribution in [0.15, 0.2) is 99.9 Å². The van der Waals surface area contributed by atoms with Gasteiger partial charge >= 0.3 is 0 Å². The molecule has 0 radical (unpaired) electrons. The predicted octanol–water partition coefficient (Wildman–Crippen LogP) is 4.36. The standard InChI is InChI=1S/C31H27ClN4O3S/c1-20-27(29(37)34-24-5-3-2-4-6-24)28(22-9-11-23(32)12-10-22)36-30(38)26(40-31(36)33-20)19-21-7-13-25(14-8-21)35-15-17-39-18-16-35/h2-14,19,28H,15-18H2,1H3,(H,34,37)/b26-19+/t28-/m0/s1. The summed E-state index contributed by atoms with van der Waals surface area (Å²) in [5, 5.41) is 3.54. The first-order valence-electron chi connectivity index (χ1n) is 13.0. The fourth-order valence-corrected chi connectivity index (χ4v) is 6.22. The zero-order valence-electron chi connectivity index (χ0n) is 21.8. The average Bonchev–Trinajstić information content (AvgIpc) is 3.28. The number of hydrogen-bond donors (Lipinski definition) is 1. The van der Waals surface area contributed by atoms with Crippen molar-refractivity contribution in [3.63, 3.8) is 0 Å². The van der Waals surface area contributed by atoms with Crippen molar-refractivity contribution >= 4 is 46.3 Å². The van der Waals surface area contributed by atoms with E-state index >= 15 is 0 Å². The first kappa shape index (κ1) is 26.3. The number of fused-ring (bicyclic) bond motifs is 1. The summed E-state index contributed by atoms with van der Waals surface area (Å²) < 4.78 is 7.63. The van der Waals surface area contributed by atoms with Crippen molar-refractivity contribution in [2.45, 2.75) is 13.0 Å². The van der Waals surface area contributed by atoms with Gasteiger partial charge in [-0.1, -0.05) is 65.4 Å². The highest BCUT2D eigenvalue weighted by Gasteiger charge is 2.32. The highest BCUT2D eigenvalue weighted by atomic mass is 35.5. The Kier molecular flexibility index (Phi) is 7.38. The van der Waals surface area contributed by atoms with Gasteiger partial charge in [-0.05, 0) is 60.5 Å². The lowest BCUT2D eigenvalue weighted by Crippen LogP contribution is -2.40. The number of hydrogen-bond acceptors (Lipinski definition) is 6. The number of para-hydroxylation sites is 1. The van der Waals surface area contributed by atoms with E-state index in [4.69, 9.17) is 21.3 Å². The van der Waals surface area contributed by atoms with Crippen molar-refractivity contribution in [1.29, 1.82) is 0 Å². The van der Waals surface area contributed by atoms with Crippen LogP contribution < -0.4 is 25.1 Å². The first-order valence-corrected chi connectivity index (χ1v) is 14.2. The lowest BCUT2D eigenvalue weighted by atomic mass is 9.95. The molecule has 1 aromatic heterocycles. The van der Waals surface area contributed by atoms with Gasteiger partial charge in [0.15, 0.2) is 4.80 Å². The second-order valence-corrected chi connectivity index (χ2v) is 11.1. The smallest absolute Gasteiger partial charge is 0.271 e. The van der Waals surface area contributed by atoms with Crippen molar-refractivity contribution < 1.29 is 9.53 Å². The molecular formula is C31H27ClN4O3S. The normalized spacial score (nSPS) is 17.4. The Balaban J connectivity index is 1.41. The van der Waals surface area contributed by atoms with Crippen LogP contribution in [0.5, 0.6) is 0 Å². The minimum absolute atomic E-state index is 0.196. The van der Waals surface area contributed by atoms with E-state index in [2.05, 4.69) is 22.3 Å². The van der Waals surface area contributed by atoms with Gasteiger partial charge in [-0.3, -0.25) is 14.2 Å². The molecule has 9 heteroatoms. The van der Waals surface area contributed by atoms with Gasteiger partial charge < -0.3 is 15.0 Å². The first-order chi connectivity index (χ1) is 19.5. The monoisotopic (exact) mass is 570 g/mol. The summed E-state index contributed by atoms with van der Waals surface area (Å²) in [6, 6.07) is 24.0. The number of aromatic nitrogens is 1. The Labute approximate surface area is 240 Å². The molecule has 0 unspecified atom stereocenters. The van der Waals surface area contributed by atoms with E-state index in [0.717, 1.165) is 43.1 Å². The third-order valence-corrected chi connectivity index (χ3v) is 8.29. The average molecular weight is 571 g/mol. The number of benzene rings is 3. The van der Waals surface area contributed by atoms with Gasteiger partial charge in [-0.15, -0.1) is 0 Å². The van der Waals surface area contributed by atoms with E-state index in [9.17, 15) is 9.59 Å². The summed E-state index contributed by atoms with van der Waals surface area (Å²) in [5.41, 5.74) is 4.28. The third kappa shape index (κ3) is 5.25.